The summed E-state index contributed by atoms with van der Waals surface area (Å²) >= 11 is -5.91. The summed E-state index contributed by atoms with van der Waals surface area (Å²) < 4.78 is 64.9. The quantitative estimate of drug-likeness (QED) is 0.0945. The standard InChI is InChI=1S/C74H58Ge2N4O.Pt/c1-74(2,3)50-40-41-77-70(44-50)80-67-37-18-15-30-60(67)61-39-38-53(46-68(61)80)81-52-25-19-24-51(45-52)78-47-79-72-55(48-22-9-8-10-23-48)32-20-33-62(72)58-28-13-11-26-56(58)57-27-12-14-29-59(57)63-42-49(43-69(78)73(63)79)54-31-21-36-66-71(54)76(6,7)65-35-17-16-34-64(65)75(66,4)5;/h8-44H,1-7H3;/q-2;/i8D,9D,10D,22D,23D;. The Balaban J connectivity index is 0.00000667. The first-order chi connectivity index (χ1) is 41.4. The van der Waals surface area contributed by atoms with Crippen LogP contribution in [0.4, 0.5) is 0 Å². The summed E-state index contributed by atoms with van der Waals surface area (Å²) in [5.41, 5.74) is 14.5. The molecule has 0 bridgehead atoms. The molecule has 5 nitrogen and oxygen atoms in total. The number of rotatable bonds is 6. The van der Waals surface area contributed by atoms with Crippen molar-refractivity contribution in [2.24, 2.45) is 0 Å². The van der Waals surface area contributed by atoms with Crippen molar-refractivity contribution in [2.75, 3.05) is 0 Å². The van der Waals surface area contributed by atoms with Crippen LogP contribution in [-0.4, -0.2) is 40.7 Å². The second-order valence-electron chi connectivity index (χ2n) is 23.6. The van der Waals surface area contributed by atoms with Crippen LogP contribution >= 0.6 is 0 Å². The fourth-order valence-corrected chi connectivity index (χ4v) is 39.5. The summed E-state index contributed by atoms with van der Waals surface area (Å²) in [6.45, 7) is 6.63. The van der Waals surface area contributed by atoms with Crippen molar-refractivity contribution in [1.82, 2.24) is 14.1 Å². The first-order valence-corrected chi connectivity index (χ1v) is 40.3. The number of hydrogen-bond donors (Lipinski definition) is 0. The number of hydrogen-bond acceptors (Lipinski definition) is 2. The number of ether oxygens (including phenoxy) is 1. The van der Waals surface area contributed by atoms with Gasteiger partial charge in [0.25, 0.3) is 0 Å². The Bertz CT molecular complexity index is 5030. The molecule has 400 valence electrons. The molecular formula is C74H58Ge2N4OPt-2. The summed E-state index contributed by atoms with van der Waals surface area (Å²) in [5.74, 6) is 12.0. The molecular weight excluding hydrogens is 1300 g/mol. The first-order valence-electron chi connectivity index (χ1n) is 30.2. The summed E-state index contributed by atoms with van der Waals surface area (Å²) in [7, 11) is 0. The molecule has 8 heteroatoms. The smallest absolute Gasteiger partial charge is 0 e. The fraction of sp³-hybridized carbons (Fsp3) is 0.108. The zero-order chi connectivity index (χ0) is 59.3. The summed E-state index contributed by atoms with van der Waals surface area (Å²) in [4.78, 5) is 4.91. The molecule has 0 saturated carbocycles. The van der Waals surface area contributed by atoms with Crippen LogP contribution in [0.2, 0.25) is 23.0 Å². The monoisotopic (exact) mass is 1370 g/mol. The number of aromatic nitrogens is 4. The maximum atomic E-state index is 9.48. The average molecular weight is 1360 g/mol. The van der Waals surface area contributed by atoms with Gasteiger partial charge in [-0.1, -0.05) is 50.5 Å². The van der Waals surface area contributed by atoms with Crippen LogP contribution < -0.4 is 26.9 Å². The van der Waals surface area contributed by atoms with Gasteiger partial charge in [-0.3, -0.25) is 0 Å². The zero-order valence-corrected chi connectivity index (χ0v) is 53.0. The predicted molar refractivity (Wildman–Crippen MR) is 339 cm³/mol. The molecule has 3 aromatic heterocycles. The van der Waals surface area contributed by atoms with Crippen molar-refractivity contribution in [1.29, 1.82) is 0 Å². The molecule has 0 amide bonds. The molecule has 0 saturated heterocycles. The third-order valence-corrected chi connectivity index (χ3v) is 34.2. The van der Waals surface area contributed by atoms with Crippen molar-refractivity contribution in [2.45, 2.75) is 49.2 Å². The van der Waals surface area contributed by atoms with Crippen molar-refractivity contribution >= 4 is 77.0 Å². The molecule has 10 aromatic carbocycles. The molecule has 5 heterocycles. The van der Waals surface area contributed by atoms with E-state index in [0.29, 0.717) is 28.4 Å². The van der Waals surface area contributed by atoms with Crippen LogP contribution in [0.15, 0.2) is 224 Å². The van der Waals surface area contributed by atoms with Gasteiger partial charge in [0.1, 0.15) is 5.82 Å². The van der Waals surface area contributed by atoms with Crippen molar-refractivity contribution in [3.8, 4) is 84.3 Å². The normalized spacial score (nSPS) is 14.5. The molecule has 0 N–H and O–H groups in total. The fourth-order valence-electron chi connectivity index (χ4n) is 13.2. The van der Waals surface area contributed by atoms with E-state index in [9.17, 15) is 2.74 Å². The van der Waals surface area contributed by atoms with E-state index in [1.54, 1.807) is 8.79 Å². The number of pyridine rings is 1. The van der Waals surface area contributed by atoms with Gasteiger partial charge in [0.15, 0.2) is 0 Å². The molecule has 13 aromatic rings. The average Bonchev–Trinajstić information content (AvgIpc) is 1.61. The van der Waals surface area contributed by atoms with Gasteiger partial charge in [-0.05, 0) is 34.6 Å². The third-order valence-electron chi connectivity index (χ3n) is 17.1. The SMILES string of the molecule is [2H]c1c([2H])c([2H])c(-c2cccc3c2-[n+]2[c-]n(-c4[c-]c(Oc5[c-]c6c(cc5)c5ccccc5n6-c5cc(C(C)(C)C)ccn5)ccc4)c4cc(-c5ccc[c]6[c]5[Ge]([CH3])([CH3])[c]5cccc[c]5[Ge]6([CH3])[CH3])cc(c42)-c2ccccc2-c2ccccc2-3)c([2H])c1[2H].[Pt]. The van der Waals surface area contributed by atoms with Crippen molar-refractivity contribution in [3.05, 3.63) is 248 Å². The Morgan fingerprint density at radius 1 is 0.524 bits per heavy atom. The zero-order valence-electron chi connectivity index (χ0n) is 51.5. The first kappa shape index (κ1) is 46.8. The van der Waals surface area contributed by atoms with Crippen LogP contribution in [0.25, 0.3) is 106 Å². The molecule has 82 heavy (non-hydrogen) atoms. The van der Waals surface area contributed by atoms with Crippen LogP contribution in [0.3, 0.4) is 0 Å². The van der Waals surface area contributed by atoms with E-state index in [4.69, 9.17) is 13.8 Å². The number of para-hydroxylation sites is 2. The molecule has 0 radical (unpaired) electrons. The molecule has 0 fully saturated rings. The molecule has 0 unspecified atom stereocenters. The molecule has 2 aliphatic rings. The van der Waals surface area contributed by atoms with Gasteiger partial charge < -0.3 is 4.57 Å². The number of imidazole rings is 1. The van der Waals surface area contributed by atoms with E-state index < -0.39 is 44.7 Å². The van der Waals surface area contributed by atoms with Gasteiger partial charge >= 0.3 is 362 Å². The van der Waals surface area contributed by atoms with E-state index in [-0.39, 0.29) is 44.1 Å². The van der Waals surface area contributed by atoms with Gasteiger partial charge in [-0.15, -0.1) is 5.39 Å². The van der Waals surface area contributed by atoms with Gasteiger partial charge in [-0.25, -0.2) is 4.98 Å². The van der Waals surface area contributed by atoms with Crippen LogP contribution in [-0.2, 0) is 26.5 Å². The van der Waals surface area contributed by atoms with Gasteiger partial charge in [-0.2, -0.15) is 6.07 Å². The van der Waals surface area contributed by atoms with Gasteiger partial charge in [0, 0.05) is 32.8 Å². The van der Waals surface area contributed by atoms with Crippen LogP contribution in [0.1, 0.15) is 33.2 Å². The van der Waals surface area contributed by atoms with Gasteiger partial charge in [0.05, 0.1) is 4.11 Å². The van der Waals surface area contributed by atoms with Crippen LogP contribution in [0, 0.1) is 18.5 Å². The minimum atomic E-state index is -3.05. The molecule has 2 aliphatic heterocycles. The number of fused-ring (bicyclic) bond motifs is 12. The van der Waals surface area contributed by atoms with Crippen molar-refractivity contribution in [3.63, 3.8) is 0 Å². The van der Waals surface area contributed by atoms with E-state index in [0.717, 1.165) is 77.6 Å². The topological polar surface area (TPSA) is 35.9 Å². The summed E-state index contributed by atoms with van der Waals surface area (Å²) in [6, 6.07) is 72.0. The Kier molecular flexibility index (Phi) is 11.2. The molecule has 0 spiro atoms. The van der Waals surface area contributed by atoms with Crippen molar-refractivity contribution < 1.29 is 37.2 Å². The second-order valence-corrected chi connectivity index (χ2v) is 41.6. The second kappa shape index (κ2) is 19.7. The molecule has 15 rings (SSSR count). The summed E-state index contributed by atoms with van der Waals surface area (Å²) in [5, 5.41) is 2.12. The van der Waals surface area contributed by atoms with E-state index in [2.05, 4.69) is 222 Å². The van der Waals surface area contributed by atoms with E-state index in [1.807, 2.05) is 48.7 Å². The molecule has 0 atom stereocenters. The van der Waals surface area contributed by atoms with Gasteiger partial charge in [0.2, 0.25) is 0 Å². The number of benzene rings is 10. The minimum absolute atomic E-state index is 0. The minimum Gasteiger partial charge on any atom is 0 e. The molecule has 0 aliphatic carbocycles. The Hall–Kier alpha value is -7.81. The van der Waals surface area contributed by atoms with E-state index >= 15 is 0 Å². The Labute approximate surface area is 506 Å². The van der Waals surface area contributed by atoms with E-state index in [1.165, 1.54) is 19.9 Å². The summed E-state index contributed by atoms with van der Waals surface area (Å²) in [6.07, 6.45) is 5.78. The Morgan fingerprint density at radius 2 is 1.13 bits per heavy atom. The predicted octanol–water partition coefficient (Wildman–Crippen LogP) is 15.5. The van der Waals surface area contributed by atoms with Crippen LogP contribution in [0.5, 0.6) is 11.5 Å². The Morgan fingerprint density at radius 3 is 1.89 bits per heavy atom. The number of nitrogens with zero attached hydrogens (tertiary/aromatic N) is 4. The maximum absolute atomic E-state index is 9.48. The third kappa shape index (κ3) is 8.20.